The van der Waals surface area contributed by atoms with Crippen molar-refractivity contribution in [1.82, 2.24) is 0 Å². The highest BCUT2D eigenvalue weighted by molar-refractivity contribution is 7.98. The summed E-state index contributed by atoms with van der Waals surface area (Å²) in [5.74, 6) is 0. The Morgan fingerprint density at radius 1 is 0.109 bits per heavy atom. The molecule has 0 amide bonds. The van der Waals surface area contributed by atoms with Crippen molar-refractivity contribution in [3.63, 3.8) is 0 Å². The summed E-state index contributed by atoms with van der Waals surface area (Å²) in [6, 6.07) is 193. The Morgan fingerprint density at radius 3 is 0.181 bits per heavy atom. The van der Waals surface area contributed by atoms with E-state index in [0.29, 0.717) is 0 Å². The van der Waals surface area contributed by atoms with Gasteiger partial charge in [0.15, 0.2) is 88.1 Å². The highest BCUT2D eigenvalue weighted by Crippen LogP contribution is 2.37. The van der Waals surface area contributed by atoms with Crippen LogP contribution >= 0.6 is 50.0 Å². The third kappa shape index (κ3) is 45.1. The van der Waals surface area contributed by atoms with Crippen molar-refractivity contribution >= 4 is 115 Å². The molecule has 0 radical (unpaired) electrons. The molecule has 0 N–H and O–H groups in total. The van der Waals surface area contributed by atoms with E-state index in [2.05, 4.69) is 546 Å². The summed E-state index contributed by atoms with van der Waals surface area (Å²) in [6.45, 7) is 0. The second-order valence-corrected chi connectivity index (χ2v) is 41.5. The van der Waals surface area contributed by atoms with Crippen LogP contribution in [0.4, 0.5) is 25.2 Å². The molecule has 30 heteroatoms. The Balaban J connectivity index is 0.000000215. The molecule has 0 aliphatic heterocycles. The summed E-state index contributed by atoms with van der Waals surface area (Å²) in [4.78, 5) is 74.7. The van der Waals surface area contributed by atoms with Crippen molar-refractivity contribution in [2.24, 2.45) is 0 Å². The van der Waals surface area contributed by atoms with E-state index in [1.807, 2.05) is 0 Å². The molecule has 138 heavy (non-hydrogen) atoms. The van der Waals surface area contributed by atoms with Crippen molar-refractivity contribution in [3.8, 4) is 0 Å². The minimum Gasteiger partial charge on any atom is -0.562 e. The first-order valence-electron chi connectivity index (χ1n) is 41.3. The smallest absolute Gasteiger partial charge is 0.540 e. The number of rotatable bonds is 18. The lowest BCUT2D eigenvalue weighted by Crippen LogP contribution is -2.04. The molecule has 0 aromatic heterocycles. The van der Waals surface area contributed by atoms with Gasteiger partial charge in [0.1, 0.15) is 0 Å². The molecule has 12 nitrogen and oxygen atoms in total. The second-order valence-electron chi connectivity index (χ2n) is 26.7. The highest BCUT2D eigenvalue weighted by atomic mass is 32.2. The highest BCUT2D eigenvalue weighted by Gasteiger charge is 2.33. The molecule has 696 valence electrons. The van der Waals surface area contributed by atoms with Gasteiger partial charge in [-0.2, -0.15) is 0 Å². The zero-order chi connectivity index (χ0) is 99.0. The molecule has 18 aromatic carbocycles. The van der Waals surface area contributed by atoms with Crippen molar-refractivity contribution in [2.45, 2.75) is 88.1 Å². The number of halogens is 6. The molecule has 0 aliphatic carbocycles. The van der Waals surface area contributed by atoms with Crippen LogP contribution in [0.5, 0.6) is 0 Å². The molecule has 0 saturated heterocycles. The van der Waals surface area contributed by atoms with Crippen LogP contribution in [-0.4, -0.2) is 0 Å². The molecule has 0 aliphatic rings. The fraction of sp³-hybridized carbons (Fsp3) is 0. The van der Waals surface area contributed by atoms with Crippen LogP contribution in [0, 0.1) is 0 Å². The van der Waals surface area contributed by atoms with Crippen LogP contribution in [0.25, 0.3) is 0 Å². The van der Waals surface area contributed by atoms with E-state index in [-0.39, 0.29) is 65.4 Å². The average molecular weight is 2070 g/mol. The van der Waals surface area contributed by atoms with Gasteiger partial charge in [0.05, 0.1) is 90.6 Å². The molecule has 0 saturated carbocycles. The molecule has 0 fully saturated rings. The summed E-state index contributed by atoms with van der Waals surface area (Å²) in [5, 5.41) is 0. The largest absolute Gasteiger partial charge is 0.562 e. The first-order valence-corrected chi connectivity index (χ1v) is 55.0. The Labute approximate surface area is 824 Å². The van der Waals surface area contributed by atoms with Gasteiger partial charge in [-0.25, -0.2) is 0 Å². The lowest BCUT2D eigenvalue weighted by atomic mass is 10.4. The maximum absolute atomic E-state index is 9.95. The fourth-order valence-corrected chi connectivity index (χ4v) is 25.1. The minimum absolute atomic E-state index is 0.0146. The van der Waals surface area contributed by atoms with Crippen LogP contribution < -0.4 is 29.4 Å². The van der Waals surface area contributed by atoms with E-state index in [4.69, 9.17) is 56.8 Å². The molecule has 6 atom stereocenters. The minimum atomic E-state index is -3.62. The Kier molecular flexibility index (Phi) is 55.8. The Morgan fingerprint density at radius 2 is 0.145 bits per heavy atom. The van der Waals surface area contributed by atoms with E-state index in [1.54, 1.807) is 0 Å². The lowest BCUT2D eigenvalue weighted by molar-refractivity contribution is -0.175. The third-order valence-corrected chi connectivity index (χ3v) is 31.0. The molecule has 0 bridgehead atoms. The van der Waals surface area contributed by atoms with E-state index >= 15 is 0 Å². The number of benzene rings is 18. The van der Waals surface area contributed by atoms with Gasteiger partial charge in [-0.1, -0.05) is 328 Å². The van der Waals surface area contributed by atoms with Gasteiger partial charge >= 0.3 is 50.0 Å². The van der Waals surface area contributed by atoms with E-state index in [0.717, 1.165) is 0 Å². The monoisotopic (exact) mass is 2070 g/mol. The normalized spacial score (nSPS) is 10.7. The summed E-state index contributed by atoms with van der Waals surface area (Å²) < 4.78 is 110. The van der Waals surface area contributed by atoms with E-state index < -0.39 is 50.0 Å². The van der Waals surface area contributed by atoms with Crippen LogP contribution in [0.1, 0.15) is 0 Å². The van der Waals surface area contributed by atoms with Gasteiger partial charge < -0.3 is 29.4 Å². The van der Waals surface area contributed by atoms with Crippen LogP contribution in [0.15, 0.2) is 634 Å². The lowest BCUT2D eigenvalue weighted by Gasteiger charge is -2.07. The molecule has 18 rings (SSSR count). The first kappa shape index (κ1) is 113. The number of hydrogen-bond acceptors (Lipinski definition) is 12. The molecular formula is C108H90F6O12P6S6+6. The van der Waals surface area contributed by atoms with Crippen molar-refractivity contribution in [2.75, 3.05) is 0 Å². The summed E-state index contributed by atoms with van der Waals surface area (Å²) in [7, 11) is -21.8. The zero-order valence-corrected chi connectivity index (χ0v) is 83.5. The quantitative estimate of drug-likeness (QED) is 0.0443. The van der Waals surface area contributed by atoms with Crippen molar-refractivity contribution in [3.05, 3.63) is 546 Å². The molecule has 0 heterocycles. The summed E-state index contributed by atoms with van der Waals surface area (Å²) in [5.41, 5.74) is 0. The van der Waals surface area contributed by atoms with Crippen LogP contribution in [0.3, 0.4) is 0 Å². The Bertz CT molecular complexity index is 4770. The molecular weight excluding hydrogens is 1980 g/mol. The SMILES string of the molecule is O=[P+]([O-])F.O=[P+]([O-])F.O=[P+]([O-])F.O=[P+]([O-])F.O=[P+]([O-])F.O=[P+]([O-])F.c1ccc([S+](c2ccccc2)c2ccccc2)cc1.c1ccc([S+](c2ccccc2)c2ccccc2)cc1.c1ccc([S+](c2ccccc2)c2ccccc2)cc1.c1ccc([S+](c2ccccc2)c2ccccc2)cc1.c1ccc([S+](c2ccccc2)c2ccccc2)cc1.c1ccc([S+](c2ccccc2)c2ccccc2)cc1. The predicted molar refractivity (Wildman–Crippen MR) is 541 cm³/mol. The van der Waals surface area contributed by atoms with Crippen molar-refractivity contribution < 1.29 is 81.9 Å². The second kappa shape index (κ2) is 68.1. The Hall–Kier alpha value is -12.0. The first-order chi connectivity index (χ1) is 67.1. The van der Waals surface area contributed by atoms with Gasteiger partial charge in [0.25, 0.3) is 0 Å². The standard InChI is InChI=1S/6C18H15S.6FO2P/c6*1-4-10-16(11-5-1)19(17-12-6-2-7-13-17)18-14-8-3-9-15-18;6*1-4(2)3/h6*1-15H;;;;;;/q6*+1;;;;;;. The third-order valence-electron chi connectivity index (χ3n) is 17.6. The molecule has 18 aromatic rings. The van der Waals surface area contributed by atoms with Crippen molar-refractivity contribution in [1.29, 1.82) is 0 Å². The summed E-state index contributed by atoms with van der Waals surface area (Å²) >= 11 is 0. The van der Waals surface area contributed by atoms with E-state index in [1.165, 1.54) is 88.1 Å². The van der Waals surface area contributed by atoms with Crippen LogP contribution in [0.2, 0.25) is 0 Å². The average Bonchev–Trinajstić information content (AvgIpc) is 0.848. The van der Waals surface area contributed by atoms with E-state index in [9.17, 15) is 25.2 Å². The van der Waals surface area contributed by atoms with Gasteiger partial charge in [-0.15, -0.1) is 0 Å². The molecule has 0 spiro atoms. The van der Waals surface area contributed by atoms with Gasteiger partial charge in [0.2, 0.25) is 0 Å². The van der Waals surface area contributed by atoms with Crippen LogP contribution in [-0.2, 0) is 92.8 Å². The topological polar surface area (TPSA) is 241 Å². The van der Waals surface area contributed by atoms with Gasteiger partial charge in [-0.3, -0.25) is 0 Å². The number of hydrogen-bond donors (Lipinski definition) is 0. The molecule has 6 unspecified atom stereocenters. The summed E-state index contributed by atoms with van der Waals surface area (Å²) in [6.07, 6.45) is 0. The fourth-order valence-electron chi connectivity index (χ4n) is 12.5. The predicted octanol–water partition coefficient (Wildman–Crippen LogP) is 28.5. The maximum atomic E-state index is 9.95. The zero-order valence-electron chi connectivity index (χ0n) is 73.3. The van der Waals surface area contributed by atoms with Gasteiger partial charge in [0, 0.05) is 0 Å². The van der Waals surface area contributed by atoms with Gasteiger partial charge in [-0.05, 0) is 246 Å². The maximum Gasteiger partial charge on any atom is 0.540 e.